The highest BCUT2D eigenvalue weighted by Crippen LogP contribution is 2.40. The third-order valence-electron chi connectivity index (χ3n) is 8.00. The number of Topliss-reactive ketones (excluding diaryl/α,β-unsaturated/α-hetero) is 1. The monoisotopic (exact) mass is 597 g/mol. The standard InChI is InChI=1S/C30H24ClF4N5O2/c31-24-8-7-22(16-23(24)30(33,34)35)40-26(19-2-1-12-36-18-19)17-25(37-40)28(42)38-14-10-29(11-15-38)27(41)9-13-39(29)21-5-3-20(32)4-6-21/h1-8,12,16-18H,9-11,13-15H2. The Morgan fingerprint density at radius 3 is 2.33 bits per heavy atom. The van der Waals surface area contributed by atoms with Gasteiger partial charge in [-0.3, -0.25) is 14.6 Å². The average molecular weight is 598 g/mol. The fourth-order valence-electron chi connectivity index (χ4n) is 5.86. The number of nitrogens with zero attached hydrogens (tertiary/aromatic N) is 5. The topological polar surface area (TPSA) is 71.3 Å². The van der Waals surface area contributed by atoms with Gasteiger partial charge in [0.05, 0.1) is 22.0 Å². The van der Waals surface area contributed by atoms with Crippen LogP contribution >= 0.6 is 11.6 Å². The Kier molecular flexibility index (Phi) is 7.00. The van der Waals surface area contributed by atoms with Gasteiger partial charge in [0.15, 0.2) is 11.5 Å². The van der Waals surface area contributed by atoms with Crippen molar-refractivity contribution in [2.45, 2.75) is 31.0 Å². The summed E-state index contributed by atoms with van der Waals surface area (Å²) in [7, 11) is 0. The number of pyridine rings is 1. The molecule has 216 valence electrons. The molecule has 2 saturated heterocycles. The molecule has 12 heteroatoms. The Bertz CT molecular complexity index is 1650. The van der Waals surface area contributed by atoms with Crippen molar-refractivity contribution < 1.29 is 27.2 Å². The second kappa shape index (κ2) is 10.5. The second-order valence-electron chi connectivity index (χ2n) is 10.4. The molecule has 0 N–H and O–H groups in total. The maximum absolute atomic E-state index is 13.7. The number of benzene rings is 2. The Balaban J connectivity index is 1.30. The first kappa shape index (κ1) is 27.9. The van der Waals surface area contributed by atoms with Crippen molar-refractivity contribution in [3.8, 4) is 16.9 Å². The van der Waals surface area contributed by atoms with Crippen LogP contribution in [0.1, 0.15) is 35.3 Å². The van der Waals surface area contributed by atoms with Crippen molar-refractivity contribution >= 4 is 29.0 Å². The van der Waals surface area contributed by atoms with E-state index in [4.69, 9.17) is 11.6 Å². The molecule has 2 aliphatic rings. The van der Waals surface area contributed by atoms with Gasteiger partial charge in [0, 0.05) is 49.7 Å². The predicted octanol–water partition coefficient (Wildman–Crippen LogP) is 6.20. The number of hydrogen-bond donors (Lipinski definition) is 0. The number of amides is 1. The summed E-state index contributed by atoms with van der Waals surface area (Å²) in [5.74, 6) is -0.681. The third kappa shape index (κ3) is 4.91. The van der Waals surface area contributed by atoms with Crippen molar-refractivity contribution in [3.63, 3.8) is 0 Å². The van der Waals surface area contributed by atoms with Gasteiger partial charge in [-0.15, -0.1) is 0 Å². The number of alkyl halides is 3. The Labute approximate surface area is 243 Å². The zero-order valence-electron chi connectivity index (χ0n) is 22.1. The summed E-state index contributed by atoms with van der Waals surface area (Å²) in [6.45, 7) is 1.06. The van der Waals surface area contributed by atoms with Crippen LogP contribution in [-0.4, -0.2) is 56.5 Å². The zero-order valence-corrected chi connectivity index (χ0v) is 22.9. The van der Waals surface area contributed by atoms with E-state index in [2.05, 4.69) is 10.1 Å². The normalized spacial score (nSPS) is 16.8. The smallest absolute Gasteiger partial charge is 0.358 e. The predicted molar refractivity (Wildman–Crippen MR) is 148 cm³/mol. The lowest BCUT2D eigenvalue weighted by Crippen LogP contribution is -2.56. The first-order valence-electron chi connectivity index (χ1n) is 13.3. The molecule has 4 aromatic rings. The fraction of sp³-hybridized carbons (Fsp3) is 0.267. The molecule has 0 saturated carbocycles. The molecule has 1 spiro atoms. The molecule has 0 unspecified atom stereocenters. The molecule has 0 atom stereocenters. The number of ketones is 1. The summed E-state index contributed by atoms with van der Waals surface area (Å²) in [6.07, 6.45) is -0.456. The summed E-state index contributed by atoms with van der Waals surface area (Å²) < 4.78 is 55.7. The van der Waals surface area contributed by atoms with Gasteiger partial charge < -0.3 is 9.80 Å². The van der Waals surface area contributed by atoms with Crippen molar-refractivity contribution in [1.82, 2.24) is 19.7 Å². The Hall–Kier alpha value is -4.25. The number of carbonyl (C=O) groups excluding carboxylic acids is 2. The number of likely N-dealkylation sites (tertiary alicyclic amines) is 1. The summed E-state index contributed by atoms with van der Waals surface area (Å²) in [6, 6.07) is 14.4. The van der Waals surface area contributed by atoms with E-state index in [9.17, 15) is 27.2 Å². The largest absolute Gasteiger partial charge is 0.417 e. The van der Waals surface area contributed by atoms with Crippen LogP contribution < -0.4 is 4.90 Å². The molecule has 0 aliphatic carbocycles. The summed E-state index contributed by atoms with van der Waals surface area (Å²) in [5, 5.41) is 3.99. The summed E-state index contributed by atoms with van der Waals surface area (Å²) in [4.78, 5) is 34.5. The average Bonchev–Trinajstić information content (AvgIpc) is 3.56. The molecule has 2 aliphatic heterocycles. The molecular weight excluding hydrogens is 574 g/mol. The minimum atomic E-state index is -4.68. The molecule has 7 nitrogen and oxygen atoms in total. The quantitative estimate of drug-likeness (QED) is 0.262. The van der Waals surface area contributed by atoms with Crippen molar-refractivity contribution in [2.24, 2.45) is 0 Å². The van der Waals surface area contributed by atoms with Gasteiger partial charge >= 0.3 is 6.18 Å². The molecule has 2 fully saturated rings. The molecular formula is C30H24ClF4N5O2. The number of rotatable bonds is 4. The Morgan fingerprint density at radius 2 is 1.67 bits per heavy atom. The van der Waals surface area contributed by atoms with Crippen LogP contribution in [0.2, 0.25) is 5.02 Å². The number of halogens is 5. The van der Waals surface area contributed by atoms with E-state index in [0.717, 1.165) is 17.8 Å². The molecule has 2 aromatic carbocycles. The Morgan fingerprint density at radius 1 is 0.952 bits per heavy atom. The van der Waals surface area contributed by atoms with E-state index < -0.39 is 28.2 Å². The van der Waals surface area contributed by atoms with Crippen LogP contribution in [0.3, 0.4) is 0 Å². The lowest BCUT2D eigenvalue weighted by molar-refractivity contribution is -0.137. The van der Waals surface area contributed by atoms with Gasteiger partial charge in [-0.25, -0.2) is 9.07 Å². The molecule has 4 heterocycles. The highest BCUT2D eigenvalue weighted by atomic mass is 35.5. The minimum Gasteiger partial charge on any atom is -0.358 e. The van der Waals surface area contributed by atoms with Gasteiger partial charge in [-0.05, 0) is 73.5 Å². The molecule has 0 radical (unpaired) electrons. The van der Waals surface area contributed by atoms with E-state index >= 15 is 0 Å². The maximum Gasteiger partial charge on any atom is 0.417 e. The lowest BCUT2D eigenvalue weighted by Gasteiger charge is -2.44. The molecule has 2 aromatic heterocycles. The summed E-state index contributed by atoms with van der Waals surface area (Å²) in [5.41, 5.74) is 0.000692. The number of hydrogen-bond acceptors (Lipinski definition) is 5. The van der Waals surface area contributed by atoms with Gasteiger partial charge in [-0.1, -0.05) is 11.6 Å². The maximum atomic E-state index is 13.7. The number of aromatic nitrogens is 3. The van der Waals surface area contributed by atoms with E-state index in [1.165, 1.54) is 35.1 Å². The fourth-order valence-corrected chi connectivity index (χ4v) is 6.09. The van der Waals surface area contributed by atoms with Crippen molar-refractivity contribution in [1.29, 1.82) is 0 Å². The van der Waals surface area contributed by atoms with E-state index in [1.807, 2.05) is 4.90 Å². The first-order chi connectivity index (χ1) is 20.1. The highest BCUT2D eigenvalue weighted by molar-refractivity contribution is 6.31. The van der Waals surface area contributed by atoms with Gasteiger partial charge in [-0.2, -0.15) is 18.3 Å². The lowest BCUT2D eigenvalue weighted by atomic mass is 9.83. The zero-order chi connectivity index (χ0) is 29.6. The second-order valence-corrected chi connectivity index (χ2v) is 10.8. The van der Waals surface area contributed by atoms with Gasteiger partial charge in [0.2, 0.25) is 0 Å². The number of anilines is 1. The summed E-state index contributed by atoms with van der Waals surface area (Å²) >= 11 is 5.84. The van der Waals surface area contributed by atoms with Crippen LogP contribution in [0.4, 0.5) is 23.2 Å². The SMILES string of the molecule is O=C(c1cc(-c2cccnc2)n(-c2ccc(Cl)c(C(F)(F)F)c2)n1)N1CCC2(CC1)C(=O)CCN2c1ccc(F)cc1. The minimum absolute atomic E-state index is 0.0430. The van der Waals surface area contributed by atoms with Crippen LogP contribution in [0.25, 0.3) is 16.9 Å². The first-order valence-corrected chi connectivity index (χ1v) is 13.7. The molecule has 6 rings (SSSR count). The van der Waals surface area contributed by atoms with Crippen molar-refractivity contribution in [2.75, 3.05) is 24.5 Å². The van der Waals surface area contributed by atoms with E-state index in [0.29, 0.717) is 37.1 Å². The van der Waals surface area contributed by atoms with E-state index in [1.54, 1.807) is 35.4 Å². The third-order valence-corrected chi connectivity index (χ3v) is 8.33. The van der Waals surface area contributed by atoms with Crippen LogP contribution in [0, 0.1) is 5.82 Å². The molecule has 42 heavy (non-hydrogen) atoms. The molecule has 0 bridgehead atoms. The van der Waals surface area contributed by atoms with Crippen LogP contribution in [-0.2, 0) is 11.0 Å². The van der Waals surface area contributed by atoms with Crippen LogP contribution in [0.15, 0.2) is 73.1 Å². The number of piperidine rings is 1. The van der Waals surface area contributed by atoms with Gasteiger partial charge in [0.1, 0.15) is 11.4 Å². The highest BCUT2D eigenvalue weighted by Gasteiger charge is 2.50. The van der Waals surface area contributed by atoms with Crippen LogP contribution in [0.5, 0.6) is 0 Å². The molecule has 1 amide bonds. The van der Waals surface area contributed by atoms with Gasteiger partial charge in [0.25, 0.3) is 5.91 Å². The van der Waals surface area contributed by atoms with Crippen molar-refractivity contribution in [3.05, 3.63) is 95.2 Å². The number of carbonyl (C=O) groups is 2. The van der Waals surface area contributed by atoms with E-state index in [-0.39, 0.29) is 36.1 Å².